The summed E-state index contributed by atoms with van der Waals surface area (Å²) in [6, 6.07) is 3.77. The molecule has 0 saturated carbocycles. The highest BCUT2D eigenvalue weighted by molar-refractivity contribution is 7.79. The van der Waals surface area contributed by atoms with E-state index in [-0.39, 0.29) is 17.7 Å². The van der Waals surface area contributed by atoms with Crippen LogP contribution in [0.5, 0.6) is 0 Å². The van der Waals surface area contributed by atoms with Gasteiger partial charge in [-0.05, 0) is 18.1 Å². The van der Waals surface area contributed by atoms with E-state index in [2.05, 4.69) is 0 Å². The van der Waals surface area contributed by atoms with E-state index in [0.29, 0.717) is 0 Å². The fourth-order valence-corrected chi connectivity index (χ4v) is 1.33. The predicted octanol–water partition coefficient (Wildman–Crippen LogP) is 1.73. The summed E-state index contributed by atoms with van der Waals surface area (Å²) in [6.07, 6.45) is 0.0622. The van der Waals surface area contributed by atoms with Gasteiger partial charge in [-0.2, -0.15) is 0 Å². The van der Waals surface area contributed by atoms with Gasteiger partial charge in [0.25, 0.3) is 0 Å². The molecule has 0 aliphatic rings. The molecule has 0 aliphatic heterocycles. The van der Waals surface area contributed by atoms with Gasteiger partial charge in [-0.3, -0.25) is 0 Å². The van der Waals surface area contributed by atoms with Gasteiger partial charge in [0.05, 0.1) is 5.75 Å². The first-order valence-electron chi connectivity index (χ1n) is 3.61. The summed E-state index contributed by atoms with van der Waals surface area (Å²) in [4.78, 5) is 0. The lowest BCUT2D eigenvalue weighted by atomic mass is 10.1. The van der Waals surface area contributed by atoms with Gasteiger partial charge in [0.15, 0.2) is 22.7 Å². The second-order valence-corrected chi connectivity index (χ2v) is 3.54. The Labute approximate surface area is 76.9 Å². The summed E-state index contributed by atoms with van der Waals surface area (Å²) in [5.74, 6) is -1.95. The van der Waals surface area contributed by atoms with Crippen molar-refractivity contribution in [3.8, 4) is 0 Å². The highest BCUT2D eigenvalue weighted by Crippen LogP contribution is 2.11. The molecule has 0 saturated heterocycles. The van der Waals surface area contributed by atoms with E-state index >= 15 is 0 Å². The third-order valence-corrected chi connectivity index (χ3v) is 2.13. The van der Waals surface area contributed by atoms with Crippen molar-refractivity contribution in [2.24, 2.45) is 0 Å². The van der Waals surface area contributed by atoms with Crippen molar-refractivity contribution in [1.29, 1.82) is 0 Å². The summed E-state index contributed by atoms with van der Waals surface area (Å²) in [5.41, 5.74) is 0.127. The normalized spacial score (nSPS) is 12.8. The Morgan fingerprint density at radius 3 is 2.69 bits per heavy atom. The lowest BCUT2D eigenvalue weighted by Gasteiger charge is -2.01. The number of halogens is 2. The van der Waals surface area contributed by atoms with Crippen molar-refractivity contribution in [2.75, 3.05) is 5.75 Å². The van der Waals surface area contributed by atoms with E-state index < -0.39 is 22.7 Å². The van der Waals surface area contributed by atoms with Crippen LogP contribution >= 0.6 is 0 Å². The average Bonchev–Trinajstić information content (AvgIpc) is 2.07. The minimum atomic E-state index is -1.97. The molecule has 1 unspecified atom stereocenters. The third kappa shape index (κ3) is 2.86. The van der Waals surface area contributed by atoms with Crippen LogP contribution in [0.25, 0.3) is 0 Å². The van der Waals surface area contributed by atoms with Gasteiger partial charge >= 0.3 is 0 Å². The lowest BCUT2D eigenvalue weighted by Crippen LogP contribution is -2.02. The minimum Gasteiger partial charge on any atom is -0.306 e. The van der Waals surface area contributed by atoms with Crippen LogP contribution in [0.15, 0.2) is 18.2 Å². The molecule has 1 rings (SSSR count). The Kier molecular flexibility index (Phi) is 3.50. The molecule has 0 spiro atoms. The van der Waals surface area contributed by atoms with Crippen LogP contribution in [0.2, 0.25) is 0 Å². The third-order valence-electron chi connectivity index (χ3n) is 1.58. The predicted molar refractivity (Wildman–Crippen MR) is 45.7 cm³/mol. The number of aryl methyl sites for hydroxylation is 1. The number of hydrogen-bond acceptors (Lipinski definition) is 1. The topological polar surface area (TPSA) is 37.3 Å². The molecule has 1 N–H and O–H groups in total. The smallest absolute Gasteiger partial charge is 0.162 e. The molecule has 1 aromatic carbocycles. The Morgan fingerprint density at radius 2 is 2.08 bits per heavy atom. The molecule has 0 heterocycles. The van der Waals surface area contributed by atoms with Gasteiger partial charge in [-0.1, -0.05) is 12.1 Å². The molecule has 13 heavy (non-hydrogen) atoms. The van der Waals surface area contributed by atoms with Crippen molar-refractivity contribution in [3.63, 3.8) is 0 Å². The van der Waals surface area contributed by atoms with E-state index in [1.807, 2.05) is 0 Å². The molecular formula is C8H8F2O2S. The van der Waals surface area contributed by atoms with E-state index in [9.17, 15) is 13.0 Å². The Bertz CT molecular complexity index is 328. The second kappa shape index (κ2) is 4.43. The van der Waals surface area contributed by atoms with Crippen LogP contribution < -0.4 is 0 Å². The molecule has 0 bridgehead atoms. The maximum Gasteiger partial charge on any atom is 0.162 e. The molecule has 0 amide bonds. The van der Waals surface area contributed by atoms with Crippen LogP contribution in [-0.2, 0) is 17.5 Å². The summed E-state index contributed by atoms with van der Waals surface area (Å²) in [6.45, 7) is 0. The van der Waals surface area contributed by atoms with Crippen LogP contribution in [-0.4, -0.2) is 14.5 Å². The molecular weight excluding hydrogens is 198 g/mol. The Hall–Kier alpha value is -0.810. The summed E-state index contributed by atoms with van der Waals surface area (Å²) >= 11 is -1.97. The highest BCUT2D eigenvalue weighted by Gasteiger charge is 2.07. The van der Waals surface area contributed by atoms with Crippen LogP contribution in [0.3, 0.4) is 0 Å². The fourth-order valence-electron chi connectivity index (χ4n) is 0.939. The first kappa shape index (κ1) is 10.3. The molecule has 0 aromatic heterocycles. The quantitative estimate of drug-likeness (QED) is 0.765. The van der Waals surface area contributed by atoms with E-state index in [4.69, 9.17) is 4.55 Å². The van der Waals surface area contributed by atoms with Crippen molar-refractivity contribution >= 4 is 11.1 Å². The van der Waals surface area contributed by atoms with Gasteiger partial charge in [0.2, 0.25) is 0 Å². The molecule has 0 radical (unpaired) electrons. The van der Waals surface area contributed by atoms with Gasteiger partial charge in [0.1, 0.15) is 0 Å². The van der Waals surface area contributed by atoms with E-state index in [1.54, 1.807) is 0 Å². The second-order valence-electron chi connectivity index (χ2n) is 2.49. The maximum absolute atomic E-state index is 12.9. The number of rotatable bonds is 3. The molecule has 5 heteroatoms. The largest absolute Gasteiger partial charge is 0.306 e. The Morgan fingerprint density at radius 1 is 1.38 bits per heavy atom. The monoisotopic (exact) mass is 206 g/mol. The van der Waals surface area contributed by atoms with Crippen LogP contribution in [0.1, 0.15) is 5.56 Å². The van der Waals surface area contributed by atoms with E-state index in [1.165, 1.54) is 12.1 Å². The average molecular weight is 206 g/mol. The maximum atomic E-state index is 12.9. The van der Waals surface area contributed by atoms with Crippen molar-refractivity contribution in [2.45, 2.75) is 6.42 Å². The summed E-state index contributed by atoms with van der Waals surface area (Å²) in [7, 11) is 0. The zero-order chi connectivity index (χ0) is 9.84. The molecule has 72 valence electrons. The zero-order valence-electron chi connectivity index (χ0n) is 6.67. The minimum absolute atomic E-state index is 0.0622. The van der Waals surface area contributed by atoms with Gasteiger partial charge in [0, 0.05) is 0 Å². The van der Waals surface area contributed by atoms with Crippen LogP contribution in [0, 0.1) is 11.6 Å². The zero-order valence-corrected chi connectivity index (χ0v) is 7.48. The molecule has 0 fully saturated rings. The molecule has 1 atom stereocenters. The summed E-state index contributed by atoms with van der Waals surface area (Å²) < 4.78 is 44.2. The SMILES string of the molecule is O=S(O)CCc1cccc(F)c1F. The number of hydrogen-bond donors (Lipinski definition) is 1. The number of benzene rings is 1. The van der Waals surface area contributed by atoms with Gasteiger partial charge < -0.3 is 4.55 Å². The van der Waals surface area contributed by atoms with Gasteiger partial charge in [-0.25, -0.2) is 13.0 Å². The van der Waals surface area contributed by atoms with Gasteiger partial charge in [-0.15, -0.1) is 0 Å². The molecule has 1 aromatic rings. The molecule has 0 aliphatic carbocycles. The van der Waals surface area contributed by atoms with Crippen molar-refractivity contribution < 1.29 is 17.5 Å². The van der Waals surface area contributed by atoms with Crippen molar-refractivity contribution in [1.82, 2.24) is 0 Å². The first-order valence-corrected chi connectivity index (χ1v) is 4.89. The molecule has 2 nitrogen and oxygen atoms in total. The fraction of sp³-hybridized carbons (Fsp3) is 0.250. The Balaban J connectivity index is 2.77. The highest BCUT2D eigenvalue weighted by atomic mass is 32.2. The summed E-state index contributed by atoms with van der Waals surface area (Å²) in [5, 5.41) is 0. The lowest BCUT2D eigenvalue weighted by molar-refractivity contribution is 0.499. The standard InChI is InChI=1S/C8H8F2O2S/c9-7-3-1-2-6(8(7)10)4-5-13(11)12/h1-3H,4-5H2,(H,11,12). The first-order chi connectivity index (χ1) is 6.11. The van der Waals surface area contributed by atoms with E-state index in [0.717, 1.165) is 6.07 Å². The van der Waals surface area contributed by atoms with Crippen molar-refractivity contribution in [3.05, 3.63) is 35.4 Å². The van der Waals surface area contributed by atoms with Crippen LogP contribution in [0.4, 0.5) is 8.78 Å².